The van der Waals surface area contributed by atoms with Gasteiger partial charge in [0, 0.05) is 28.6 Å². The zero-order valence-electron chi connectivity index (χ0n) is 9.40. The third-order valence-corrected chi connectivity index (χ3v) is 3.66. The fraction of sp³-hybridized carbons (Fsp3) is 0.417. The SMILES string of the molecule is COc1ncc(Br)c2cc(C3CCOC3)oc12. The van der Waals surface area contributed by atoms with Crippen LogP contribution < -0.4 is 4.74 Å². The molecular formula is C12H12BrNO3. The molecule has 0 amide bonds. The zero-order chi connectivity index (χ0) is 11.8. The summed E-state index contributed by atoms with van der Waals surface area (Å²) in [4.78, 5) is 4.17. The Morgan fingerprint density at radius 2 is 2.41 bits per heavy atom. The molecule has 0 saturated carbocycles. The van der Waals surface area contributed by atoms with Crippen molar-refractivity contribution in [3.05, 3.63) is 22.5 Å². The number of methoxy groups -OCH3 is 1. The summed E-state index contributed by atoms with van der Waals surface area (Å²) in [7, 11) is 1.59. The van der Waals surface area contributed by atoms with Crippen LogP contribution in [0.3, 0.4) is 0 Å². The third kappa shape index (κ3) is 1.83. The van der Waals surface area contributed by atoms with E-state index < -0.39 is 0 Å². The van der Waals surface area contributed by atoms with Gasteiger partial charge in [-0.2, -0.15) is 0 Å². The molecule has 2 aromatic rings. The maximum absolute atomic E-state index is 5.86. The second-order valence-electron chi connectivity index (χ2n) is 4.07. The van der Waals surface area contributed by atoms with Gasteiger partial charge >= 0.3 is 0 Å². The lowest BCUT2D eigenvalue weighted by Gasteiger charge is -2.01. The predicted molar refractivity (Wildman–Crippen MR) is 66.4 cm³/mol. The van der Waals surface area contributed by atoms with Gasteiger partial charge in [0.2, 0.25) is 0 Å². The number of fused-ring (bicyclic) bond motifs is 1. The molecule has 1 unspecified atom stereocenters. The molecule has 4 nitrogen and oxygen atoms in total. The predicted octanol–water partition coefficient (Wildman–Crippen LogP) is 3.10. The number of pyridine rings is 1. The van der Waals surface area contributed by atoms with E-state index >= 15 is 0 Å². The Labute approximate surface area is 107 Å². The molecular weight excluding hydrogens is 286 g/mol. The van der Waals surface area contributed by atoms with Gasteiger partial charge in [-0.1, -0.05) is 0 Å². The van der Waals surface area contributed by atoms with Crippen LogP contribution in [-0.2, 0) is 4.74 Å². The molecule has 17 heavy (non-hydrogen) atoms. The monoisotopic (exact) mass is 297 g/mol. The first-order valence-corrected chi connectivity index (χ1v) is 6.28. The molecule has 0 aromatic carbocycles. The Hall–Kier alpha value is -1.07. The van der Waals surface area contributed by atoms with Crippen LogP contribution in [0.15, 0.2) is 21.2 Å². The summed E-state index contributed by atoms with van der Waals surface area (Å²) in [5.41, 5.74) is 0.698. The van der Waals surface area contributed by atoms with Crippen molar-refractivity contribution in [3.63, 3.8) is 0 Å². The van der Waals surface area contributed by atoms with Crippen LogP contribution in [-0.4, -0.2) is 25.3 Å². The minimum absolute atomic E-state index is 0.346. The topological polar surface area (TPSA) is 44.5 Å². The number of nitrogens with zero attached hydrogens (tertiary/aromatic N) is 1. The molecule has 0 bridgehead atoms. The minimum atomic E-state index is 0.346. The van der Waals surface area contributed by atoms with Crippen LogP contribution in [0.1, 0.15) is 18.1 Å². The molecule has 1 aliphatic rings. The summed E-state index contributed by atoms with van der Waals surface area (Å²) in [6.07, 6.45) is 2.73. The summed E-state index contributed by atoms with van der Waals surface area (Å²) in [5, 5.41) is 0.999. The molecule has 2 aromatic heterocycles. The summed E-state index contributed by atoms with van der Waals surface area (Å²) in [6.45, 7) is 1.53. The van der Waals surface area contributed by atoms with Gasteiger partial charge in [-0.15, -0.1) is 0 Å². The Morgan fingerprint density at radius 3 is 3.12 bits per heavy atom. The summed E-state index contributed by atoms with van der Waals surface area (Å²) >= 11 is 3.47. The lowest BCUT2D eigenvalue weighted by Crippen LogP contribution is -1.94. The number of halogens is 1. The van der Waals surface area contributed by atoms with E-state index in [1.807, 2.05) is 6.07 Å². The molecule has 1 fully saturated rings. The lowest BCUT2D eigenvalue weighted by molar-refractivity contribution is 0.191. The average molecular weight is 298 g/mol. The molecule has 90 valence electrons. The summed E-state index contributed by atoms with van der Waals surface area (Å²) in [5.74, 6) is 1.82. The van der Waals surface area contributed by atoms with Gasteiger partial charge in [-0.05, 0) is 28.4 Å². The van der Waals surface area contributed by atoms with Crippen molar-refractivity contribution in [3.8, 4) is 5.88 Å². The molecule has 0 aliphatic carbocycles. The van der Waals surface area contributed by atoms with Crippen LogP contribution in [0.5, 0.6) is 5.88 Å². The van der Waals surface area contributed by atoms with Gasteiger partial charge in [0.1, 0.15) is 5.76 Å². The molecule has 1 atom stereocenters. The van der Waals surface area contributed by atoms with Crippen LogP contribution in [0.4, 0.5) is 0 Å². The molecule has 0 radical (unpaired) electrons. The van der Waals surface area contributed by atoms with Crippen molar-refractivity contribution in [2.75, 3.05) is 20.3 Å². The fourth-order valence-electron chi connectivity index (χ4n) is 2.10. The van der Waals surface area contributed by atoms with Gasteiger partial charge in [0.25, 0.3) is 5.88 Å². The van der Waals surface area contributed by atoms with E-state index in [4.69, 9.17) is 13.9 Å². The van der Waals surface area contributed by atoms with Gasteiger partial charge in [0.15, 0.2) is 5.58 Å². The van der Waals surface area contributed by atoms with Crippen LogP contribution in [0, 0.1) is 0 Å². The van der Waals surface area contributed by atoms with E-state index in [9.17, 15) is 0 Å². The highest BCUT2D eigenvalue weighted by atomic mass is 79.9. The second-order valence-corrected chi connectivity index (χ2v) is 4.92. The first-order chi connectivity index (χ1) is 8.29. The van der Waals surface area contributed by atoms with Crippen molar-refractivity contribution in [1.29, 1.82) is 0 Å². The standard InChI is InChI=1S/C12H12BrNO3/c1-15-12-11-8(9(13)5-14-12)4-10(17-11)7-2-3-16-6-7/h4-5,7H,2-3,6H2,1H3. The molecule has 0 spiro atoms. The normalized spacial score (nSPS) is 20.0. The highest BCUT2D eigenvalue weighted by molar-refractivity contribution is 9.10. The molecule has 1 saturated heterocycles. The average Bonchev–Trinajstić information content (AvgIpc) is 2.98. The summed E-state index contributed by atoms with van der Waals surface area (Å²) in [6, 6.07) is 2.04. The number of rotatable bonds is 2. The molecule has 3 rings (SSSR count). The molecule has 3 heterocycles. The smallest absolute Gasteiger partial charge is 0.258 e. The van der Waals surface area contributed by atoms with Crippen LogP contribution in [0.2, 0.25) is 0 Å². The van der Waals surface area contributed by atoms with Gasteiger partial charge in [-0.25, -0.2) is 4.98 Å². The number of hydrogen-bond acceptors (Lipinski definition) is 4. The van der Waals surface area contributed by atoms with Crippen molar-refractivity contribution in [2.24, 2.45) is 0 Å². The zero-order valence-corrected chi connectivity index (χ0v) is 11.0. The third-order valence-electron chi connectivity index (χ3n) is 3.02. The molecule has 0 N–H and O–H groups in total. The van der Waals surface area contributed by atoms with Crippen molar-refractivity contribution in [1.82, 2.24) is 4.98 Å². The first-order valence-electron chi connectivity index (χ1n) is 5.49. The van der Waals surface area contributed by atoms with E-state index in [2.05, 4.69) is 20.9 Å². The first kappa shape index (κ1) is 11.0. The fourth-order valence-corrected chi connectivity index (χ4v) is 2.49. The summed E-state index contributed by atoms with van der Waals surface area (Å²) < 4.78 is 17.4. The van der Waals surface area contributed by atoms with E-state index in [0.717, 1.165) is 35.3 Å². The van der Waals surface area contributed by atoms with Crippen LogP contribution >= 0.6 is 15.9 Å². The minimum Gasteiger partial charge on any atom is -0.478 e. The highest BCUT2D eigenvalue weighted by Crippen LogP contribution is 2.36. The van der Waals surface area contributed by atoms with Crippen molar-refractivity contribution in [2.45, 2.75) is 12.3 Å². The molecule has 5 heteroatoms. The van der Waals surface area contributed by atoms with Crippen LogP contribution in [0.25, 0.3) is 11.0 Å². The van der Waals surface area contributed by atoms with E-state index in [1.165, 1.54) is 0 Å². The van der Waals surface area contributed by atoms with Gasteiger partial charge in [-0.3, -0.25) is 0 Å². The maximum atomic E-state index is 5.86. The van der Waals surface area contributed by atoms with Gasteiger partial charge in [0.05, 0.1) is 13.7 Å². The molecule has 1 aliphatic heterocycles. The van der Waals surface area contributed by atoms with Crippen molar-refractivity contribution >= 4 is 26.9 Å². The Balaban J connectivity index is 2.13. The Bertz CT molecular complexity index is 546. The largest absolute Gasteiger partial charge is 0.478 e. The number of hydrogen-bond donors (Lipinski definition) is 0. The number of furan rings is 1. The number of aromatic nitrogens is 1. The second kappa shape index (κ2) is 4.31. The Morgan fingerprint density at radius 1 is 1.53 bits per heavy atom. The lowest BCUT2D eigenvalue weighted by atomic mass is 10.1. The number of ether oxygens (including phenoxy) is 2. The van der Waals surface area contributed by atoms with Gasteiger partial charge < -0.3 is 13.9 Å². The quantitative estimate of drug-likeness (QED) is 0.854. The maximum Gasteiger partial charge on any atom is 0.258 e. The van der Waals surface area contributed by atoms with E-state index in [-0.39, 0.29) is 0 Å². The van der Waals surface area contributed by atoms with Crippen molar-refractivity contribution < 1.29 is 13.9 Å². The van der Waals surface area contributed by atoms with E-state index in [0.29, 0.717) is 17.4 Å². The van der Waals surface area contributed by atoms with E-state index in [1.54, 1.807) is 13.3 Å². The Kier molecular flexibility index (Phi) is 2.80. The highest BCUT2D eigenvalue weighted by Gasteiger charge is 2.23.